The Hall–Kier alpha value is -1.61. The molecule has 0 amide bonds. The predicted molar refractivity (Wildman–Crippen MR) is 55.7 cm³/mol. The zero-order valence-electron chi connectivity index (χ0n) is 8.03. The Labute approximate surface area is 82.9 Å². The lowest BCUT2D eigenvalue weighted by atomic mass is 9.89. The van der Waals surface area contributed by atoms with E-state index in [1.807, 2.05) is 6.07 Å². The van der Waals surface area contributed by atoms with Crippen molar-refractivity contribution in [1.29, 1.82) is 0 Å². The fourth-order valence-corrected chi connectivity index (χ4v) is 1.26. The average molecular weight is 191 g/mol. The van der Waals surface area contributed by atoms with Gasteiger partial charge in [0.2, 0.25) is 0 Å². The number of carboxylic acids is 1. The van der Waals surface area contributed by atoms with Crippen LogP contribution < -0.4 is 5.73 Å². The summed E-state index contributed by atoms with van der Waals surface area (Å²) >= 11 is 0. The maximum Gasteiger partial charge on any atom is 0.328 e. The summed E-state index contributed by atoms with van der Waals surface area (Å²) < 4.78 is 0. The van der Waals surface area contributed by atoms with Crippen LogP contribution in [0.15, 0.2) is 30.8 Å². The van der Waals surface area contributed by atoms with Gasteiger partial charge >= 0.3 is 5.97 Å². The molecule has 3 heteroatoms. The van der Waals surface area contributed by atoms with Crippen LogP contribution in [-0.2, 0) is 10.3 Å². The van der Waals surface area contributed by atoms with E-state index in [1.54, 1.807) is 24.3 Å². The van der Waals surface area contributed by atoms with Gasteiger partial charge in [-0.15, -0.1) is 0 Å². The van der Waals surface area contributed by atoms with Crippen LogP contribution in [0.3, 0.4) is 0 Å². The van der Waals surface area contributed by atoms with E-state index in [-0.39, 0.29) is 0 Å². The Balaban J connectivity index is 3.31. The second kappa shape index (κ2) is 3.64. The van der Waals surface area contributed by atoms with Gasteiger partial charge in [-0.05, 0) is 18.1 Å². The van der Waals surface area contributed by atoms with Crippen molar-refractivity contribution in [2.75, 3.05) is 0 Å². The Kier molecular flexibility index (Phi) is 2.72. The Morgan fingerprint density at radius 3 is 2.64 bits per heavy atom. The molecule has 74 valence electrons. The Morgan fingerprint density at radius 1 is 1.57 bits per heavy atom. The van der Waals surface area contributed by atoms with Gasteiger partial charge in [0.15, 0.2) is 0 Å². The number of aliphatic carboxylic acids is 1. The van der Waals surface area contributed by atoms with Crippen molar-refractivity contribution < 1.29 is 9.90 Å². The van der Waals surface area contributed by atoms with Crippen LogP contribution in [0.1, 0.15) is 18.1 Å². The van der Waals surface area contributed by atoms with E-state index in [9.17, 15) is 4.79 Å². The van der Waals surface area contributed by atoms with E-state index in [0.29, 0.717) is 5.56 Å². The van der Waals surface area contributed by atoms with Crippen molar-refractivity contribution in [2.45, 2.75) is 12.5 Å². The van der Waals surface area contributed by atoms with Crippen molar-refractivity contribution in [2.24, 2.45) is 5.73 Å². The number of hydrogen-bond donors (Lipinski definition) is 2. The van der Waals surface area contributed by atoms with Gasteiger partial charge < -0.3 is 10.8 Å². The van der Waals surface area contributed by atoms with Gasteiger partial charge in [-0.25, -0.2) is 4.79 Å². The number of rotatable bonds is 3. The van der Waals surface area contributed by atoms with Gasteiger partial charge in [0.05, 0.1) is 0 Å². The van der Waals surface area contributed by atoms with Crippen molar-refractivity contribution in [3.05, 3.63) is 42.0 Å². The van der Waals surface area contributed by atoms with Gasteiger partial charge in [-0.3, -0.25) is 0 Å². The van der Waals surface area contributed by atoms with Crippen LogP contribution in [0.2, 0.25) is 0 Å². The summed E-state index contributed by atoms with van der Waals surface area (Å²) in [5.41, 5.74) is 5.66. The molecule has 0 bridgehead atoms. The van der Waals surface area contributed by atoms with Crippen molar-refractivity contribution in [3.8, 4) is 0 Å². The SMILES string of the molecule is C=Cc1ccccc1[C@](C)(N)C(=O)O. The zero-order chi connectivity index (χ0) is 10.8. The minimum Gasteiger partial charge on any atom is -0.480 e. The minimum absolute atomic E-state index is 0.572. The minimum atomic E-state index is -1.37. The lowest BCUT2D eigenvalue weighted by Crippen LogP contribution is -2.42. The molecule has 3 nitrogen and oxygen atoms in total. The molecule has 1 atom stereocenters. The number of benzene rings is 1. The number of carboxylic acid groups (broad SMARTS) is 1. The second-order valence-electron chi connectivity index (χ2n) is 3.30. The maximum atomic E-state index is 10.9. The van der Waals surface area contributed by atoms with Crippen LogP contribution in [0.4, 0.5) is 0 Å². The molecule has 0 saturated heterocycles. The zero-order valence-corrected chi connectivity index (χ0v) is 8.03. The van der Waals surface area contributed by atoms with Crippen molar-refractivity contribution in [1.82, 2.24) is 0 Å². The molecule has 0 aliphatic rings. The normalized spacial score (nSPS) is 14.4. The van der Waals surface area contributed by atoms with Gasteiger partial charge in [0.1, 0.15) is 5.54 Å². The van der Waals surface area contributed by atoms with E-state index in [2.05, 4.69) is 6.58 Å². The average Bonchev–Trinajstić information content (AvgIpc) is 2.17. The van der Waals surface area contributed by atoms with E-state index in [4.69, 9.17) is 10.8 Å². The molecule has 0 fully saturated rings. The van der Waals surface area contributed by atoms with Crippen molar-refractivity contribution >= 4 is 12.0 Å². The predicted octanol–water partition coefficient (Wildman–Crippen LogP) is 1.59. The Morgan fingerprint density at radius 2 is 2.14 bits per heavy atom. The third kappa shape index (κ3) is 1.67. The molecule has 0 aliphatic carbocycles. The molecular weight excluding hydrogens is 178 g/mol. The molecule has 0 radical (unpaired) electrons. The van der Waals surface area contributed by atoms with E-state index >= 15 is 0 Å². The first kappa shape index (κ1) is 10.5. The fourth-order valence-electron chi connectivity index (χ4n) is 1.26. The quantitative estimate of drug-likeness (QED) is 0.762. The molecule has 1 rings (SSSR count). The summed E-state index contributed by atoms with van der Waals surface area (Å²) in [4.78, 5) is 10.9. The molecule has 0 spiro atoms. The second-order valence-corrected chi connectivity index (χ2v) is 3.30. The molecule has 0 aliphatic heterocycles. The third-order valence-corrected chi connectivity index (χ3v) is 2.18. The molecule has 3 N–H and O–H groups in total. The summed E-state index contributed by atoms with van der Waals surface area (Å²) in [6, 6.07) is 7.07. The maximum absolute atomic E-state index is 10.9. The number of carbonyl (C=O) groups is 1. The number of nitrogens with two attached hydrogens (primary N) is 1. The van der Waals surface area contributed by atoms with E-state index < -0.39 is 11.5 Å². The first-order valence-electron chi connectivity index (χ1n) is 4.24. The monoisotopic (exact) mass is 191 g/mol. The first-order valence-corrected chi connectivity index (χ1v) is 4.24. The van der Waals surface area contributed by atoms with Crippen LogP contribution in [0.5, 0.6) is 0 Å². The first-order chi connectivity index (χ1) is 6.50. The lowest BCUT2D eigenvalue weighted by molar-refractivity contribution is -0.143. The topological polar surface area (TPSA) is 63.3 Å². The smallest absolute Gasteiger partial charge is 0.328 e. The third-order valence-electron chi connectivity index (χ3n) is 2.18. The summed E-state index contributed by atoms with van der Waals surface area (Å²) in [6.07, 6.45) is 1.60. The highest BCUT2D eigenvalue weighted by Crippen LogP contribution is 2.22. The van der Waals surface area contributed by atoms with Gasteiger partial charge in [0.25, 0.3) is 0 Å². The van der Waals surface area contributed by atoms with Gasteiger partial charge in [0, 0.05) is 0 Å². The van der Waals surface area contributed by atoms with Crippen LogP contribution >= 0.6 is 0 Å². The van der Waals surface area contributed by atoms with Crippen molar-refractivity contribution in [3.63, 3.8) is 0 Å². The summed E-state index contributed by atoms with van der Waals surface area (Å²) in [7, 11) is 0. The highest BCUT2D eigenvalue weighted by molar-refractivity contribution is 5.81. The summed E-state index contributed by atoms with van der Waals surface area (Å²) in [5, 5.41) is 8.96. The van der Waals surface area contributed by atoms with E-state index in [1.165, 1.54) is 6.92 Å². The molecular formula is C11H13NO2. The van der Waals surface area contributed by atoms with Crippen LogP contribution in [-0.4, -0.2) is 11.1 Å². The molecule has 0 saturated carbocycles. The number of hydrogen-bond acceptors (Lipinski definition) is 2. The standard InChI is InChI=1S/C11H13NO2/c1-3-8-6-4-5-7-9(8)11(2,12)10(13)14/h3-7H,1,12H2,2H3,(H,13,14)/t11-/m0/s1. The lowest BCUT2D eigenvalue weighted by Gasteiger charge is -2.21. The van der Waals surface area contributed by atoms with Gasteiger partial charge in [-0.2, -0.15) is 0 Å². The van der Waals surface area contributed by atoms with E-state index in [0.717, 1.165) is 5.56 Å². The van der Waals surface area contributed by atoms with Gasteiger partial charge in [-0.1, -0.05) is 36.9 Å². The fraction of sp³-hybridized carbons (Fsp3) is 0.182. The molecule has 1 aromatic rings. The summed E-state index contributed by atoms with van der Waals surface area (Å²) in [6.45, 7) is 5.09. The largest absolute Gasteiger partial charge is 0.480 e. The van der Waals surface area contributed by atoms with Crippen LogP contribution in [0, 0.1) is 0 Å². The molecule has 0 heterocycles. The Bertz CT molecular complexity index is 369. The molecule has 0 unspecified atom stereocenters. The molecule has 14 heavy (non-hydrogen) atoms. The molecule has 1 aromatic carbocycles. The molecule has 0 aromatic heterocycles. The summed E-state index contributed by atoms with van der Waals surface area (Å²) in [5.74, 6) is -1.05. The van der Waals surface area contributed by atoms with Crippen LogP contribution in [0.25, 0.3) is 6.08 Å². The highest BCUT2D eigenvalue weighted by atomic mass is 16.4. The highest BCUT2D eigenvalue weighted by Gasteiger charge is 2.31.